The van der Waals surface area contributed by atoms with Crippen molar-refractivity contribution in [2.24, 2.45) is 0 Å². The Morgan fingerprint density at radius 2 is 1.52 bits per heavy atom. The third kappa shape index (κ3) is 4.48. The summed E-state index contributed by atoms with van der Waals surface area (Å²) in [5.74, 6) is 0.598. The second kappa shape index (κ2) is 8.01. The number of benzene rings is 2. The van der Waals surface area contributed by atoms with E-state index in [1.165, 1.54) is 60.6 Å². The Bertz CT molecular complexity index is 625. The van der Waals surface area contributed by atoms with Crippen molar-refractivity contribution in [3.8, 4) is 0 Å². The summed E-state index contributed by atoms with van der Waals surface area (Å²) in [6, 6.07) is 19.9. The van der Waals surface area contributed by atoms with E-state index < -0.39 is 0 Å². The van der Waals surface area contributed by atoms with Crippen LogP contribution in [-0.4, -0.2) is 5.11 Å². The fraction of sp³-hybridized carbons (Fsp3) is 0.364. The Hall–Kier alpha value is -2.02. The lowest BCUT2D eigenvalue weighted by Gasteiger charge is -2.10. The van der Waals surface area contributed by atoms with E-state index in [0.29, 0.717) is 5.92 Å². The summed E-state index contributed by atoms with van der Waals surface area (Å²) in [5, 5.41) is 9.12. The van der Waals surface area contributed by atoms with E-state index in [4.69, 9.17) is 5.11 Å². The lowest BCUT2D eigenvalue weighted by atomic mass is 9.95. The molecule has 2 aromatic rings. The SMILES string of the molecule is O/C=C1\CC[C@H](c2ccc(CCCCc3ccccc3)cc2)C1. The second-order valence-corrected chi connectivity index (χ2v) is 6.66. The van der Waals surface area contributed by atoms with Gasteiger partial charge in [-0.25, -0.2) is 0 Å². The van der Waals surface area contributed by atoms with Crippen molar-refractivity contribution >= 4 is 0 Å². The molecule has 0 aromatic heterocycles. The molecule has 1 N–H and O–H groups in total. The molecule has 1 fully saturated rings. The molecular weight excluding hydrogens is 280 g/mol. The van der Waals surface area contributed by atoms with E-state index in [0.717, 1.165) is 12.8 Å². The number of hydrogen-bond donors (Lipinski definition) is 1. The summed E-state index contributed by atoms with van der Waals surface area (Å²) in [7, 11) is 0. The fourth-order valence-electron chi connectivity index (χ4n) is 3.54. The summed E-state index contributed by atoms with van der Waals surface area (Å²) >= 11 is 0. The van der Waals surface area contributed by atoms with Crippen LogP contribution in [0.4, 0.5) is 0 Å². The Labute approximate surface area is 139 Å². The van der Waals surface area contributed by atoms with Crippen LogP contribution in [0, 0.1) is 0 Å². The monoisotopic (exact) mass is 306 g/mol. The fourth-order valence-corrected chi connectivity index (χ4v) is 3.54. The quantitative estimate of drug-likeness (QED) is 0.515. The van der Waals surface area contributed by atoms with Crippen LogP contribution in [-0.2, 0) is 12.8 Å². The number of aliphatic hydroxyl groups excluding tert-OH is 1. The van der Waals surface area contributed by atoms with Crippen molar-refractivity contribution in [2.45, 2.75) is 50.9 Å². The van der Waals surface area contributed by atoms with Crippen molar-refractivity contribution in [1.29, 1.82) is 0 Å². The molecule has 1 heteroatoms. The van der Waals surface area contributed by atoms with Crippen molar-refractivity contribution in [3.63, 3.8) is 0 Å². The Morgan fingerprint density at radius 1 is 0.870 bits per heavy atom. The second-order valence-electron chi connectivity index (χ2n) is 6.66. The highest BCUT2D eigenvalue weighted by Gasteiger charge is 2.20. The lowest BCUT2D eigenvalue weighted by Crippen LogP contribution is -1.94. The first-order valence-electron chi connectivity index (χ1n) is 8.80. The standard InChI is InChI=1S/C22H26O/c23-17-20-12-15-22(16-20)21-13-10-19(11-14-21)9-5-4-8-18-6-2-1-3-7-18/h1-3,6-7,10-11,13-14,17,22-23H,4-5,8-9,12,15-16H2/b20-17+/t22-/m0/s1. The lowest BCUT2D eigenvalue weighted by molar-refractivity contribution is 0.464. The average Bonchev–Trinajstić information content (AvgIpc) is 3.09. The molecule has 0 unspecified atom stereocenters. The van der Waals surface area contributed by atoms with E-state index in [9.17, 15) is 0 Å². The highest BCUT2D eigenvalue weighted by molar-refractivity contribution is 5.28. The third-order valence-corrected chi connectivity index (χ3v) is 4.98. The van der Waals surface area contributed by atoms with Crippen LogP contribution < -0.4 is 0 Å². The van der Waals surface area contributed by atoms with Gasteiger partial charge < -0.3 is 5.11 Å². The summed E-state index contributed by atoms with van der Waals surface area (Å²) in [5.41, 5.74) is 5.50. The Morgan fingerprint density at radius 3 is 2.13 bits per heavy atom. The van der Waals surface area contributed by atoms with Gasteiger partial charge in [0.05, 0.1) is 6.26 Å². The van der Waals surface area contributed by atoms with Crippen LogP contribution in [0.5, 0.6) is 0 Å². The maximum atomic E-state index is 9.12. The minimum absolute atomic E-state index is 0.598. The van der Waals surface area contributed by atoms with E-state index in [2.05, 4.69) is 54.6 Å². The Balaban J connectivity index is 1.44. The largest absolute Gasteiger partial charge is 0.516 e. The zero-order valence-electron chi connectivity index (χ0n) is 13.7. The van der Waals surface area contributed by atoms with Gasteiger partial charge in [-0.2, -0.15) is 0 Å². The van der Waals surface area contributed by atoms with Crippen LogP contribution in [0.1, 0.15) is 54.7 Å². The van der Waals surface area contributed by atoms with Crippen LogP contribution in [0.15, 0.2) is 66.4 Å². The van der Waals surface area contributed by atoms with Gasteiger partial charge in [0.1, 0.15) is 0 Å². The number of hydrogen-bond acceptors (Lipinski definition) is 1. The maximum absolute atomic E-state index is 9.12. The molecule has 3 rings (SSSR count). The van der Waals surface area contributed by atoms with Crippen molar-refractivity contribution in [3.05, 3.63) is 83.1 Å². The van der Waals surface area contributed by atoms with Crippen LogP contribution in [0.25, 0.3) is 0 Å². The molecule has 0 bridgehead atoms. The van der Waals surface area contributed by atoms with Crippen LogP contribution in [0.2, 0.25) is 0 Å². The maximum Gasteiger partial charge on any atom is 0.0783 e. The highest BCUT2D eigenvalue weighted by atomic mass is 16.2. The minimum atomic E-state index is 0.598. The molecule has 0 amide bonds. The number of aliphatic hydroxyl groups is 1. The van der Waals surface area contributed by atoms with Gasteiger partial charge >= 0.3 is 0 Å². The van der Waals surface area contributed by atoms with Gasteiger partial charge in [0.2, 0.25) is 0 Å². The minimum Gasteiger partial charge on any atom is -0.516 e. The molecule has 0 radical (unpaired) electrons. The van der Waals surface area contributed by atoms with Gasteiger partial charge in [-0.05, 0) is 73.1 Å². The van der Waals surface area contributed by atoms with Gasteiger partial charge in [-0.15, -0.1) is 0 Å². The Kier molecular flexibility index (Phi) is 5.52. The van der Waals surface area contributed by atoms with Gasteiger partial charge in [-0.1, -0.05) is 54.6 Å². The van der Waals surface area contributed by atoms with Gasteiger partial charge in [0, 0.05) is 0 Å². The van der Waals surface area contributed by atoms with Crippen molar-refractivity contribution < 1.29 is 5.11 Å². The van der Waals surface area contributed by atoms with E-state index in [-0.39, 0.29) is 0 Å². The molecule has 1 nitrogen and oxygen atoms in total. The summed E-state index contributed by atoms with van der Waals surface area (Å²) in [6.45, 7) is 0. The summed E-state index contributed by atoms with van der Waals surface area (Å²) in [4.78, 5) is 0. The summed E-state index contributed by atoms with van der Waals surface area (Å²) in [6.07, 6.45) is 9.38. The smallest absolute Gasteiger partial charge is 0.0783 e. The topological polar surface area (TPSA) is 20.2 Å². The molecule has 0 aliphatic heterocycles. The molecule has 1 aliphatic rings. The zero-order valence-corrected chi connectivity index (χ0v) is 13.7. The molecule has 1 atom stereocenters. The van der Waals surface area contributed by atoms with Gasteiger partial charge in [0.25, 0.3) is 0 Å². The normalized spacial score (nSPS) is 19.3. The van der Waals surface area contributed by atoms with Crippen LogP contribution in [0.3, 0.4) is 0 Å². The van der Waals surface area contributed by atoms with Gasteiger partial charge in [0.15, 0.2) is 0 Å². The molecule has 1 saturated carbocycles. The predicted octanol–water partition coefficient (Wildman–Crippen LogP) is 5.96. The number of rotatable bonds is 6. The molecule has 120 valence electrons. The first kappa shape index (κ1) is 15.9. The van der Waals surface area contributed by atoms with Crippen LogP contribution >= 0.6 is 0 Å². The first-order chi connectivity index (χ1) is 11.3. The van der Waals surface area contributed by atoms with Gasteiger partial charge in [-0.3, -0.25) is 0 Å². The van der Waals surface area contributed by atoms with E-state index in [1.54, 1.807) is 0 Å². The highest BCUT2D eigenvalue weighted by Crippen LogP contribution is 2.37. The molecular formula is C22H26O. The molecule has 0 heterocycles. The molecule has 1 aliphatic carbocycles. The molecule has 23 heavy (non-hydrogen) atoms. The molecule has 0 saturated heterocycles. The molecule has 0 spiro atoms. The first-order valence-corrected chi connectivity index (χ1v) is 8.80. The van der Waals surface area contributed by atoms with Crippen molar-refractivity contribution in [1.82, 2.24) is 0 Å². The number of aryl methyl sites for hydroxylation is 2. The third-order valence-electron chi connectivity index (χ3n) is 4.98. The summed E-state index contributed by atoms with van der Waals surface area (Å²) < 4.78 is 0. The molecule has 2 aromatic carbocycles. The van der Waals surface area contributed by atoms with Crippen molar-refractivity contribution in [2.75, 3.05) is 0 Å². The van der Waals surface area contributed by atoms with E-state index in [1.807, 2.05) is 0 Å². The average molecular weight is 306 g/mol. The predicted molar refractivity (Wildman–Crippen MR) is 96.8 cm³/mol. The number of allylic oxidation sites excluding steroid dienone is 1. The zero-order chi connectivity index (χ0) is 15.9. The number of unbranched alkanes of at least 4 members (excludes halogenated alkanes) is 1. The van der Waals surface area contributed by atoms with E-state index >= 15 is 0 Å².